The number of hydrogen-bond donors (Lipinski definition) is 2. The van der Waals surface area contributed by atoms with Crippen molar-refractivity contribution in [3.63, 3.8) is 0 Å². The fourth-order valence-corrected chi connectivity index (χ4v) is 4.47. The van der Waals surface area contributed by atoms with Crippen LogP contribution in [-0.2, 0) is 17.8 Å². The third-order valence-electron chi connectivity index (χ3n) is 5.61. The number of amides is 1. The summed E-state index contributed by atoms with van der Waals surface area (Å²) in [6, 6.07) is 13.5. The molecule has 0 bridgehead atoms. The normalized spacial score (nSPS) is 19.6. The summed E-state index contributed by atoms with van der Waals surface area (Å²) in [6.07, 6.45) is 4.90. The molecule has 1 heterocycles. The Morgan fingerprint density at radius 1 is 1.11 bits per heavy atom. The number of hydrogen-bond acceptors (Lipinski definition) is 2. The van der Waals surface area contributed by atoms with Crippen molar-refractivity contribution < 1.29 is 4.79 Å². The Morgan fingerprint density at radius 3 is 2.64 bits per heavy atom. The number of H-pyrrole nitrogens is 1. The monoisotopic (exact) mass is 415 g/mol. The maximum Gasteiger partial charge on any atom is 0.223 e. The van der Waals surface area contributed by atoms with Crippen LogP contribution >= 0.6 is 23.2 Å². The second kappa shape index (κ2) is 8.54. The van der Waals surface area contributed by atoms with Crippen molar-refractivity contribution in [1.82, 2.24) is 15.3 Å². The molecule has 1 aromatic heterocycles. The van der Waals surface area contributed by atoms with Crippen LogP contribution in [0.2, 0.25) is 10.0 Å². The molecular formula is C22H23Cl2N3O. The van der Waals surface area contributed by atoms with E-state index in [2.05, 4.69) is 21.4 Å². The van der Waals surface area contributed by atoms with E-state index in [1.165, 1.54) is 0 Å². The Labute approximate surface area is 174 Å². The standard InChI is InChI=1S/C22H23Cl2N3O/c23-17-10-9-16(18(24)12-17)13-25-22(28)15-7-5-14(6-8-15)11-21-26-19-3-1-2-4-20(19)27-21/h1-4,9-10,12,14-15H,5-8,11,13H2,(H,25,28)(H,26,27). The fraction of sp³-hybridized carbons (Fsp3) is 0.364. The minimum atomic E-state index is 0.0815. The van der Waals surface area contributed by atoms with E-state index >= 15 is 0 Å². The molecule has 4 nitrogen and oxygen atoms in total. The zero-order valence-electron chi connectivity index (χ0n) is 15.6. The SMILES string of the molecule is O=C(NCc1ccc(Cl)cc1Cl)C1CCC(Cc2nc3ccccc3[nH]2)CC1. The van der Waals surface area contributed by atoms with Gasteiger partial charge in [0.15, 0.2) is 0 Å². The molecule has 0 atom stereocenters. The van der Waals surface area contributed by atoms with E-state index in [1.54, 1.807) is 12.1 Å². The van der Waals surface area contributed by atoms with Gasteiger partial charge in [-0.25, -0.2) is 4.98 Å². The van der Waals surface area contributed by atoms with E-state index in [4.69, 9.17) is 23.2 Å². The number of halogens is 2. The topological polar surface area (TPSA) is 57.8 Å². The predicted octanol–water partition coefficient (Wildman–Crippen LogP) is 5.54. The number of para-hydroxylation sites is 2. The highest BCUT2D eigenvalue weighted by Gasteiger charge is 2.27. The highest BCUT2D eigenvalue weighted by molar-refractivity contribution is 6.35. The Hall–Kier alpha value is -2.04. The summed E-state index contributed by atoms with van der Waals surface area (Å²) in [6.45, 7) is 0.438. The molecule has 0 saturated heterocycles. The third kappa shape index (κ3) is 4.50. The second-order valence-corrected chi connectivity index (χ2v) is 8.42. The summed E-state index contributed by atoms with van der Waals surface area (Å²) in [4.78, 5) is 20.6. The first-order valence-electron chi connectivity index (χ1n) is 9.74. The number of aromatic nitrogens is 2. The van der Waals surface area contributed by atoms with Gasteiger partial charge in [0.05, 0.1) is 11.0 Å². The average Bonchev–Trinajstić information content (AvgIpc) is 3.10. The number of carbonyl (C=O) groups is 1. The fourth-order valence-electron chi connectivity index (χ4n) is 4.00. The molecule has 4 rings (SSSR count). The number of nitrogens with zero attached hydrogens (tertiary/aromatic N) is 1. The molecule has 1 aliphatic carbocycles. The molecule has 28 heavy (non-hydrogen) atoms. The lowest BCUT2D eigenvalue weighted by Crippen LogP contribution is -2.33. The molecule has 0 radical (unpaired) electrons. The average molecular weight is 416 g/mol. The number of nitrogens with one attached hydrogen (secondary N) is 2. The Kier molecular flexibility index (Phi) is 5.88. The smallest absolute Gasteiger partial charge is 0.223 e. The van der Waals surface area contributed by atoms with Crippen LogP contribution in [0.4, 0.5) is 0 Å². The first kappa shape index (κ1) is 19.3. The molecule has 1 fully saturated rings. The van der Waals surface area contributed by atoms with Crippen molar-refractivity contribution in [3.8, 4) is 0 Å². The van der Waals surface area contributed by atoms with Gasteiger partial charge >= 0.3 is 0 Å². The Morgan fingerprint density at radius 2 is 1.89 bits per heavy atom. The van der Waals surface area contributed by atoms with Crippen molar-refractivity contribution in [2.24, 2.45) is 11.8 Å². The summed E-state index contributed by atoms with van der Waals surface area (Å²) in [7, 11) is 0. The van der Waals surface area contributed by atoms with Crippen molar-refractivity contribution >= 4 is 40.1 Å². The van der Waals surface area contributed by atoms with Crippen LogP contribution in [0.5, 0.6) is 0 Å². The number of rotatable bonds is 5. The quantitative estimate of drug-likeness (QED) is 0.574. The summed E-state index contributed by atoms with van der Waals surface area (Å²) in [5.74, 6) is 1.83. The van der Waals surface area contributed by atoms with E-state index in [1.807, 2.05) is 24.3 Å². The highest BCUT2D eigenvalue weighted by atomic mass is 35.5. The summed E-state index contributed by atoms with van der Waals surface area (Å²) in [5.41, 5.74) is 3.00. The maximum absolute atomic E-state index is 12.5. The summed E-state index contributed by atoms with van der Waals surface area (Å²) in [5, 5.41) is 4.21. The van der Waals surface area contributed by atoms with E-state index in [9.17, 15) is 4.79 Å². The third-order valence-corrected chi connectivity index (χ3v) is 6.19. The molecule has 146 valence electrons. The van der Waals surface area contributed by atoms with Crippen LogP contribution in [-0.4, -0.2) is 15.9 Å². The van der Waals surface area contributed by atoms with E-state index in [0.717, 1.165) is 54.5 Å². The van der Waals surface area contributed by atoms with Gasteiger partial charge < -0.3 is 10.3 Å². The number of benzene rings is 2. The summed E-state index contributed by atoms with van der Waals surface area (Å²) < 4.78 is 0. The molecule has 6 heteroatoms. The van der Waals surface area contributed by atoms with Crippen LogP contribution < -0.4 is 5.32 Å². The largest absolute Gasteiger partial charge is 0.352 e. The van der Waals surface area contributed by atoms with Gasteiger partial charge in [-0.2, -0.15) is 0 Å². The Balaban J connectivity index is 1.26. The number of aromatic amines is 1. The lowest BCUT2D eigenvalue weighted by atomic mass is 9.80. The zero-order chi connectivity index (χ0) is 19.5. The van der Waals surface area contributed by atoms with Crippen molar-refractivity contribution in [2.75, 3.05) is 0 Å². The van der Waals surface area contributed by atoms with Crippen molar-refractivity contribution in [1.29, 1.82) is 0 Å². The number of carbonyl (C=O) groups excluding carboxylic acids is 1. The van der Waals surface area contributed by atoms with Crippen LogP contribution in [0.1, 0.15) is 37.1 Å². The van der Waals surface area contributed by atoms with Gasteiger partial charge in [-0.15, -0.1) is 0 Å². The van der Waals surface area contributed by atoms with Gasteiger partial charge in [0, 0.05) is 28.9 Å². The van der Waals surface area contributed by atoms with Gasteiger partial charge in [-0.1, -0.05) is 41.4 Å². The van der Waals surface area contributed by atoms with Crippen LogP contribution in [0, 0.1) is 11.8 Å². The number of imidazole rings is 1. The molecule has 0 unspecified atom stereocenters. The van der Waals surface area contributed by atoms with Gasteiger partial charge in [0.25, 0.3) is 0 Å². The van der Waals surface area contributed by atoms with Crippen molar-refractivity contribution in [3.05, 3.63) is 63.9 Å². The van der Waals surface area contributed by atoms with Gasteiger partial charge in [0.2, 0.25) is 5.91 Å². The zero-order valence-corrected chi connectivity index (χ0v) is 17.1. The van der Waals surface area contributed by atoms with E-state index in [-0.39, 0.29) is 11.8 Å². The first-order valence-corrected chi connectivity index (χ1v) is 10.5. The molecule has 0 aliphatic heterocycles. The van der Waals surface area contributed by atoms with E-state index < -0.39 is 0 Å². The van der Waals surface area contributed by atoms with Crippen LogP contribution in [0.25, 0.3) is 11.0 Å². The highest BCUT2D eigenvalue weighted by Crippen LogP contribution is 2.31. The lowest BCUT2D eigenvalue weighted by Gasteiger charge is -2.27. The maximum atomic E-state index is 12.5. The molecular weight excluding hydrogens is 393 g/mol. The molecule has 1 amide bonds. The molecule has 3 aromatic rings. The second-order valence-electron chi connectivity index (χ2n) is 7.58. The molecule has 2 N–H and O–H groups in total. The Bertz CT molecular complexity index is 944. The van der Waals surface area contributed by atoms with Gasteiger partial charge in [0.1, 0.15) is 5.82 Å². The molecule has 1 aliphatic rings. The van der Waals surface area contributed by atoms with Crippen molar-refractivity contribution in [2.45, 2.75) is 38.6 Å². The molecule has 0 spiro atoms. The lowest BCUT2D eigenvalue weighted by molar-refractivity contribution is -0.126. The van der Waals surface area contributed by atoms with E-state index in [0.29, 0.717) is 22.5 Å². The number of fused-ring (bicyclic) bond motifs is 1. The van der Waals surface area contributed by atoms with Crippen LogP contribution in [0.15, 0.2) is 42.5 Å². The predicted molar refractivity (Wildman–Crippen MR) is 114 cm³/mol. The van der Waals surface area contributed by atoms with Gasteiger partial charge in [-0.05, 0) is 61.4 Å². The minimum absolute atomic E-state index is 0.0815. The molecule has 2 aromatic carbocycles. The first-order chi connectivity index (χ1) is 13.6. The van der Waals surface area contributed by atoms with Gasteiger partial charge in [-0.3, -0.25) is 4.79 Å². The van der Waals surface area contributed by atoms with Crippen LogP contribution in [0.3, 0.4) is 0 Å². The minimum Gasteiger partial charge on any atom is -0.352 e. The molecule has 1 saturated carbocycles. The summed E-state index contributed by atoms with van der Waals surface area (Å²) >= 11 is 12.1.